The number of likely N-dealkylation sites (N-methyl/N-ethyl adjacent to an activating group) is 1. The van der Waals surface area contributed by atoms with Gasteiger partial charge in [0.1, 0.15) is 0 Å². The summed E-state index contributed by atoms with van der Waals surface area (Å²) in [6.07, 6.45) is 1.06. The molecule has 0 radical (unpaired) electrons. The quantitative estimate of drug-likeness (QED) is 0.814. The Balaban J connectivity index is 1.84. The van der Waals surface area contributed by atoms with E-state index in [1.165, 1.54) is 11.1 Å². The summed E-state index contributed by atoms with van der Waals surface area (Å²) in [6.45, 7) is 1.95. The van der Waals surface area contributed by atoms with Gasteiger partial charge in [-0.2, -0.15) is 5.26 Å². The van der Waals surface area contributed by atoms with Gasteiger partial charge in [0, 0.05) is 13.1 Å². The summed E-state index contributed by atoms with van der Waals surface area (Å²) in [4.78, 5) is 2.30. The molecule has 2 rings (SSSR count). The van der Waals surface area contributed by atoms with Crippen molar-refractivity contribution in [3.63, 3.8) is 0 Å². The van der Waals surface area contributed by atoms with Gasteiger partial charge in [0.05, 0.1) is 11.6 Å². The molecule has 2 nitrogen and oxygen atoms in total. The average Bonchev–Trinajstić information content (AvgIpc) is 2.47. The molecule has 0 saturated heterocycles. The molecule has 0 aromatic heterocycles. The van der Waals surface area contributed by atoms with Crippen LogP contribution in [-0.2, 0) is 13.0 Å². The lowest BCUT2D eigenvalue weighted by atomic mass is 10.1. The highest BCUT2D eigenvalue weighted by Gasteiger charge is 2.01. The van der Waals surface area contributed by atoms with Gasteiger partial charge in [-0.25, -0.2) is 0 Å². The molecule has 0 spiro atoms. The second-order valence-electron chi connectivity index (χ2n) is 4.78. The van der Waals surface area contributed by atoms with E-state index >= 15 is 0 Å². The fourth-order valence-corrected chi connectivity index (χ4v) is 2.04. The number of benzene rings is 2. The Kier molecular flexibility index (Phi) is 4.72. The first kappa shape index (κ1) is 13.3. The maximum Gasteiger partial charge on any atom is 0.0991 e. The molecule has 0 aliphatic rings. The molecule has 0 fully saturated rings. The minimum Gasteiger partial charge on any atom is -0.302 e. The van der Waals surface area contributed by atoms with Crippen LogP contribution >= 0.6 is 0 Å². The molecule has 0 aliphatic heterocycles. The van der Waals surface area contributed by atoms with E-state index in [0.717, 1.165) is 25.1 Å². The van der Waals surface area contributed by atoms with Crippen LogP contribution in [0.15, 0.2) is 54.6 Å². The molecule has 96 valence electrons. The van der Waals surface area contributed by atoms with E-state index in [-0.39, 0.29) is 0 Å². The van der Waals surface area contributed by atoms with Crippen LogP contribution < -0.4 is 0 Å². The Labute approximate surface area is 114 Å². The summed E-state index contributed by atoms with van der Waals surface area (Å²) >= 11 is 0. The van der Waals surface area contributed by atoms with Crippen molar-refractivity contribution in [2.75, 3.05) is 13.6 Å². The lowest BCUT2D eigenvalue weighted by Crippen LogP contribution is -2.20. The van der Waals surface area contributed by atoms with Crippen molar-refractivity contribution in [2.24, 2.45) is 0 Å². The molecule has 2 aromatic carbocycles. The maximum absolute atomic E-state index is 8.76. The summed E-state index contributed by atoms with van der Waals surface area (Å²) < 4.78 is 0. The minimum atomic E-state index is 0.718. The van der Waals surface area contributed by atoms with E-state index < -0.39 is 0 Å². The van der Waals surface area contributed by atoms with Gasteiger partial charge < -0.3 is 4.90 Å². The van der Waals surface area contributed by atoms with Crippen molar-refractivity contribution in [3.05, 3.63) is 71.3 Å². The summed E-state index contributed by atoms with van der Waals surface area (Å²) in [5.41, 5.74) is 3.33. The lowest BCUT2D eigenvalue weighted by Gasteiger charge is -2.16. The van der Waals surface area contributed by atoms with Crippen molar-refractivity contribution in [3.8, 4) is 6.07 Å². The van der Waals surface area contributed by atoms with Gasteiger partial charge in [0.15, 0.2) is 0 Å². The molecule has 0 heterocycles. The smallest absolute Gasteiger partial charge is 0.0991 e. The topological polar surface area (TPSA) is 27.0 Å². The van der Waals surface area contributed by atoms with Gasteiger partial charge in [0.25, 0.3) is 0 Å². The second-order valence-corrected chi connectivity index (χ2v) is 4.78. The van der Waals surface area contributed by atoms with Crippen LogP contribution in [0, 0.1) is 11.3 Å². The molecule has 2 aromatic rings. The molecule has 0 saturated carbocycles. The van der Waals surface area contributed by atoms with Crippen LogP contribution in [0.1, 0.15) is 16.7 Å². The molecule has 0 aliphatic carbocycles. The average molecular weight is 250 g/mol. The molecule has 19 heavy (non-hydrogen) atoms. The van der Waals surface area contributed by atoms with Crippen molar-refractivity contribution in [2.45, 2.75) is 13.0 Å². The van der Waals surface area contributed by atoms with E-state index in [0.29, 0.717) is 0 Å². The first-order valence-corrected chi connectivity index (χ1v) is 6.49. The Morgan fingerprint density at radius 2 is 1.63 bits per heavy atom. The van der Waals surface area contributed by atoms with Gasteiger partial charge in [-0.1, -0.05) is 42.5 Å². The van der Waals surface area contributed by atoms with E-state index in [9.17, 15) is 0 Å². The highest BCUT2D eigenvalue weighted by Crippen LogP contribution is 2.07. The molecule has 0 amide bonds. The highest BCUT2D eigenvalue weighted by molar-refractivity contribution is 5.31. The Morgan fingerprint density at radius 1 is 0.947 bits per heavy atom. The predicted octanol–water partition coefficient (Wildman–Crippen LogP) is 3.23. The molecule has 0 atom stereocenters. The third kappa shape index (κ3) is 4.24. The first-order chi connectivity index (χ1) is 9.28. The van der Waals surface area contributed by atoms with Crippen LogP contribution in [0.25, 0.3) is 0 Å². The zero-order valence-corrected chi connectivity index (χ0v) is 11.2. The largest absolute Gasteiger partial charge is 0.302 e. The van der Waals surface area contributed by atoms with Gasteiger partial charge in [-0.15, -0.1) is 0 Å². The van der Waals surface area contributed by atoms with Crippen molar-refractivity contribution in [1.29, 1.82) is 5.26 Å². The standard InChI is InChI=1S/C17H18N2/c1-19(12-11-15-5-3-2-4-6-15)14-17-9-7-16(13-18)8-10-17/h2-10H,11-12,14H2,1H3. The van der Waals surface area contributed by atoms with Crippen molar-refractivity contribution < 1.29 is 0 Å². The number of nitrogens with zero attached hydrogens (tertiary/aromatic N) is 2. The summed E-state index contributed by atoms with van der Waals surface area (Å²) in [7, 11) is 2.13. The fraction of sp³-hybridized carbons (Fsp3) is 0.235. The Morgan fingerprint density at radius 3 is 2.26 bits per heavy atom. The van der Waals surface area contributed by atoms with Crippen LogP contribution in [0.2, 0.25) is 0 Å². The maximum atomic E-state index is 8.76. The second kappa shape index (κ2) is 6.72. The number of hydrogen-bond donors (Lipinski definition) is 0. The lowest BCUT2D eigenvalue weighted by molar-refractivity contribution is 0.331. The van der Waals surface area contributed by atoms with Crippen LogP contribution in [0.3, 0.4) is 0 Å². The fourth-order valence-electron chi connectivity index (χ4n) is 2.04. The SMILES string of the molecule is CN(CCc1ccccc1)Cc1ccc(C#N)cc1. The highest BCUT2D eigenvalue weighted by atomic mass is 15.1. The molecule has 2 heteroatoms. The zero-order valence-electron chi connectivity index (χ0n) is 11.2. The van der Waals surface area contributed by atoms with E-state index in [2.05, 4.69) is 42.3 Å². The van der Waals surface area contributed by atoms with Crippen molar-refractivity contribution in [1.82, 2.24) is 4.90 Å². The molecular formula is C17H18N2. The van der Waals surface area contributed by atoms with Crippen LogP contribution in [0.5, 0.6) is 0 Å². The van der Waals surface area contributed by atoms with Gasteiger partial charge in [-0.3, -0.25) is 0 Å². The predicted molar refractivity (Wildman–Crippen MR) is 77.6 cm³/mol. The molecular weight excluding hydrogens is 232 g/mol. The summed E-state index contributed by atoms with van der Waals surface area (Å²) in [6, 6.07) is 20.5. The number of nitriles is 1. The Hall–Kier alpha value is -2.11. The third-order valence-corrected chi connectivity index (χ3v) is 3.16. The molecule has 0 unspecified atom stereocenters. The Bertz CT molecular complexity index is 538. The number of hydrogen-bond acceptors (Lipinski definition) is 2. The molecule has 0 N–H and O–H groups in total. The van der Waals surface area contributed by atoms with E-state index in [1.54, 1.807) is 0 Å². The normalized spacial score (nSPS) is 10.4. The van der Waals surface area contributed by atoms with E-state index in [4.69, 9.17) is 5.26 Å². The first-order valence-electron chi connectivity index (χ1n) is 6.49. The van der Waals surface area contributed by atoms with E-state index in [1.807, 2.05) is 30.3 Å². The zero-order chi connectivity index (χ0) is 13.5. The number of rotatable bonds is 5. The van der Waals surface area contributed by atoms with Gasteiger partial charge >= 0.3 is 0 Å². The van der Waals surface area contributed by atoms with Crippen LogP contribution in [0.4, 0.5) is 0 Å². The van der Waals surface area contributed by atoms with Crippen molar-refractivity contribution >= 4 is 0 Å². The summed E-state index contributed by atoms with van der Waals surface area (Å²) in [5.74, 6) is 0. The minimum absolute atomic E-state index is 0.718. The third-order valence-electron chi connectivity index (χ3n) is 3.16. The van der Waals surface area contributed by atoms with Crippen LogP contribution in [-0.4, -0.2) is 18.5 Å². The summed E-state index contributed by atoms with van der Waals surface area (Å²) in [5, 5.41) is 8.76. The molecule has 0 bridgehead atoms. The monoisotopic (exact) mass is 250 g/mol. The van der Waals surface area contributed by atoms with Gasteiger partial charge in [-0.05, 0) is 36.7 Å². The van der Waals surface area contributed by atoms with Gasteiger partial charge in [0.2, 0.25) is 0 Å².